The highest BCUT2D eigenvalue weighted by atomic mass is 127. The van der Waals surface area contributed by atoms with Gasteiger partial charge in [-0.1, -0.05) is 34.1 Å². The molecule has 0 saturated heterocycles. The van der Waals surface area contributed by atoms with Gasteiger partial charge in [0.05, 0.1) is 0 Å². The van der Waals surface area contributed by atoms with Gasteiger partial charge in [0.1, 0.15) is 0 Å². The Kier molecular flexibility index (Phi) is 4.11. The van der Waals surface area contributed by atoms with Crippen LogP contribution in [-0.4, -0.2) is 9.97 Å². The van der Waals surface area contributed by atoms with E-state index in [0.29, 0.717) is 12.5 Å². The van der Waals surface area contributed by atoms with Crippen LogP contribution < -0.4 is 5.32 Å². The van der Waals surface area contributed by atoms with Crippen molar-refractivity contribution in [1.29, 1.82) is 0 Å². The number of nitrogens with one attached hydrogen (secondary N) is 1. The summed E-state index contributed by atoms with van der Waals surface area (Å²) < 4.78 is 2.12. The van der Waals surface area contributed by atoms with E-state index in [4.69, 9.17) is 0 Å². The second-order valence-electron chi connectivity index (χ2n) is 3.17. The number of hydrogen-bond acceptors (Lipinski definition) is 3. The molecule has 0 spiro atoms. The highest BCUT2D eigenvalue weighted by molar-refractivity contribution is 14.1. The zero-order valence-electron chi connectivity index (χ0n) is 8.32. The van der Waals surface area contributed by atoms with Gasteiger partial charge in [0.25, 0.3) is 0 Å². The molecule has 0 fully saturated rings. The quantitative estimate of drug-likeness (QED) is 0.817. The predicted octanol–water partition coefficient (Wildman–Crippen LogP) is 3.46. The summed E-state index contributed by atoms with van der Waals surface area (Å²) in [5.74, 6) is 0.649. The molecule has 2 aromatic rings. The molecule has 0 aliphatic rings. The summed E-state index contributed by atoms with van der Waals surface area (Å²) in [6.45, 7) is 0.710. The molecule has 0 unspecified atom stereocenters. The van der Waals surface area contributed by atoms with E-state index >= 15 is 0 Å². The van der Waals surface area contributed by atoms with Crippen LogP contribution in [0.5, 0.6) is 0 Å². The van der Waals surface area contributed by atoms with Crippen LogP contribution in [0.25, 0.3) is 0 Å². The summed E-state index contributed by atoms with van der Waals surface area (Å²) in [7, 11) is 0. The van der Waals surface area contributed by atoms with Gasteiger partial charge in [-0.2, -0.15) is 0 Å². The van der Waals surface area contributed by atoms with Crippen LogP contribution in [0, 0.1) is 3.57 Å². The maximum absolute atomic E-state index is 4.18. The first-order valence-corrected chi connectivity index (χ1v) is 6.58. The predicted molar refractivity (Wildman–Crippen MR) is 76.2 cm³/mol. The van der Waals surface area contributed by atoms with Crippen LogP contribution in [0.2, 0.25) is 0 Å². The van der Waals surface area contributed by atoms with E-state index in [1.165, 1.54) is 5.56 Å². The normalized spacial score (nSPS) is 10.1. The van der Waals surface area contributed by atoms with Crippen molar-refractivity contribution >= 4 is 44.5 Å². The zero-order chi connectivity index (χ0) is 11.4. The molecule has 1 N–H and O–H groups in total. The van der Waals surface area contributed by atoms with E-state index in [0.717, 1.165) is 8.04 Å². The zero-order valence-corrected chi connectivity index (χ0v) is 12.1. The molecule has 0 saturated carbocycles. The Morgan fingerprint density at radius 2 is 1.88 bits per heavy atom. The Bertz CT molecular complexity index is 473. The van der Waals surface area contributed by atoms with Crippen LogP contribution in [0.15, 0.2) is 41.1 Å². The summed E-state index contributed by atoms with van der Waals surface area (Å²) in [6, 6.07) is 8.08. The van der Waals surface area contributed by atoms with Crippen molar-refractivity contribution in [2.24, 2.45) is 0 Å². The second kappa shape index (κ2) is 5.58. The third-order valence-electron chi connectivity index (χ3n) is 2.02. The topological polar surface area (TPSA) is 37.8 Å². The molecule has 0 amide bonds. The summed E-state index contributed by atoms with van der Waals surface area (Å²) in [4.78, 5) is 8.36. The Morgan fingerprint density at radius 1 is 1.19 bits per heavy atom. The molecule has 0 bridgehead atoms. The van der Waals surface area contributed by atoms with Crippen LogP contribution in [-0.2, 0) is 6.54 Å². The Labute approximate surface area is 116 Å². The molecule has 5 heteroatoms. The molecular weight excluding hydrogens is 381 g/mol. The van der Waals surface area contributed by atoms with Crippen molar-refractivity contribution in [2.75, 3.05) is 5.32 Å². The first-order valence-electron chi connectivity index (χ1n) is 4.70. The lowest BCUT2D eigenvalue weighted by Gasteiger charge is -2.06. The van der Waals surface area contributed by atoms with Gasteiger partial charge in [-0.05, 0) is 34.2 Å². The lowest BCUT2D eigenvalue weighted by molar-refractivity contribution is 1.04. The summed E-state index contributed by atoms with van der Waals surface area (Å²) in [5, 5.41) is 3.17. The fourth-order valence-corrected chi connectivity index (χ4v) is 1.92. The minimum absolute atomic E-state index is 0.649. The number of benzene rings is 1. The standard InChI is InChI=1S/C11H9BrIN3/c12-10-4-2-1-3-8(10)5-14-11-15-6-9(13)7-16-11/h1-4,6-7H,5H2,(H,14,15,16). The molecule has 2 rings (SSSR count). The average Bonchev–Trinajstić information content (AvgIpc) is 2.30. The summed E-state index contributed by atoms with van der Waals surface area (Å²) in [6.07, 6.45) is 3.58. The molecule has 1 aromatic heterocycles. The van der Waals surface area contributed by atoms with E-state index in [9.17, 15) is 0 Å². The Hall–Kier alpha value is -0.690. The van der Waals surface area contributed by atoms with E-state index in [2.05, 4.69) is 59.9 Å². The molecule has 82 valence electrons. The number of halogens is 2. The van der Waals surface area contributed by atoms with Crippen molar-refractivity contribution < 1.29 is 0 Å². The van der Waals surface area contributed by atoms with Crippen molar-refractivity contribution in [2.45, 2.75) is 6.54 Å². The molecule has 1 aromatic carbocycles. The molecule has 0 aliphatic heterocycles. The number of hydrogen-bond donors (Lipinski definition) is 1. The molecule has 0 aliphatic carbocycles. The fourth-order valence-electron chi connectivity index (χ4n) is 1.22. The first kappa shape index (κ1) is 11.8. The van der Waals surface area contributed by atoms with Crippen LogP contribution in [0.3, 0.4) is 0 Å². The maximum atomic E-state index is 4.18. The first-order chi connectivity index (χ1) is 7.75. The number of anilines is 1. The number of aromatic nitrogens is 2. The van der Waals surface area contributed by atoms with Crippen LogP contribution in [0.1, 0.15) is 5.56 Å². The van der Waals surface area contributed by atoms with Crippen LogP contribution >= 0.6 is 38.5 Å². The van der Waals surface area contributed by atoms with Gasteiger partial charge in [-0.25, -0.2) is 9.97 Å². The van der Waals surface area contributed by atoms with Gasteiger partial charge in [0.2, 0.25) is 5.95 Å². The monoisotopic (exact) mass is 389 g/mol. The Balaban J connectivity index is 2.02. The van der Waals surface area contributed by atoms with Gasteiger partial charge in [0.15, 0.2) is 0 Å². The van der Waals surface area contributed by atoms with E-state index in [-0.39, 0.29) is 0 Å². The highest BCUT2D eigenvalue weighted by Crippen LogP contribution is 2.16. The third kappa shape index (κ3) is 3.15. The van der Waals surface area contributed by atoms with E-state index < -0.39 is 0 Å². The SMILES string of the molecule is Brc1ccccc1CNc1ncc(I)cn1. The van der Waals surface area contributed by atoms with Crippen molar-refractivity contribution in [3.63, 3.8) is 0 Å². The van der Waals surface area contributed by atoms with E-state index in [1.807, 2.05) is 18.2 Å². The third-order valence-corrected chi connectivity index (χ3v) is 3.35. The van der Waals surface area contributed by atoms with Crippen LogP contribution in [0.4, 0.5) is 5.95 Å². The van der Waals surface area contributed by atoms with Crippen molar-refractivity contribution in [3.8, 4) is 0 Å². The highest BCUT2D eigenvalue weighted by Gasteiger charge is 1.99. The molecule has 16 heavy (non-hydrogen) atoms. The molecular formula is C11H9BrIN3. The van der Waals surface area contributed by atoms with Gasteiger partial charge in [-0.3, -0.25) is 0 Å². The summed E-state index contributed by atoms with van der Waals surface area (Å²) in [5.41, 5.74) is 1.18. The lowest BCUT2D eigenvalue weighted by atomic mass is 10.2. The van der Waals surface area contributed by atoms with Crippen molar-refractivity contribution in [3.05, 3.63) is 50.3 Å². The number of nitrogens with zero attached hydrogens (tertiary/aromatic N) is 2. The minimum atomic E-state index is 0.649. The smallest absolute Gasteiger partial charge is 0.222 e. The fraction of sp³-hybridized carbons (Fsp3) is 0.0909. The summed E-state index contributed by atoms with van der Waals surface area (Å²) >= 11 is 5.68. The second-order valence-corrected chi connectivity index (χ2v) is 5.27. The molecule has 3 nitrogen and oxygen atoms in total. The van der Waals surface area contributed by atoms with Gasteiger partial charge in [-0.15, -0.1) is 0 Å². The largest absolute Gasteiger partial charge is 0.350 e. The van der Waals surface area contributed by atoms with Crippen molar-refractivity contribution in [1.82, 2.24) is 9.97 Å². The van der Waals surface area contributed by atoms with Gasteiger partial charge < -0.3 is 5.32 Å². The molecule has 0 radical (unpaired) electrons. The average molecular weight is 390 g/mol. The molecule has 0 atom stereocenters. The Morgan fingerprint density at radius 3 is 2.56 bits per heavy atom. The van der Waals surface area contributed by atoms with E-state index in [1.54, 1.807) is 12.4 Å². The van der Waals surface area contributed by atoms with Gasteiger partial charge in [0, 0.05) is 27.0 Å². The van der Waals surface area contributed by atoms with Gasteiger partial charge >= 0.3 is 0 Å². The maximum Gasteiger partial charge on any atom is 0.222 e. The molecule has 1 heterocycles. The lowest BCUT2D eigenvalue weighted by Crippen LogP contribution is -2.03. The number of rotatable bonds is 3. The minimum Gasteiger partial charge on any atom is -0.350 e.